The average Bonchev–Trinajstić information content (AvgIpc) is 2.95. The second-order valence-corrected chi connectivity index (χ2v) is 8.84. The van der Waals surface area contributed by atoms with Gasteiger partial charge >= 0.3 is 5.97 Å². The number of fused-ring (bicyclic) bond motifs is 2. The van der Waals surface area contributed by atoms with Crippen LogP contribution < -0.4 is 5.32 Å². The van der Waals surface area contributed by atoms with Crippen LogP contribution in [0, 0.1) is 35.0 Å². The highest BCUT2D eigenvalue weighted by molar-refractivity contribution is 5.86. The topological polar surface area (TPSA) is 66.4 Å². The Morgan fingerprint density at radius 2 is 1.68 bits per heavy atom. The Hall–Kier alpha value is -1.06. The maximum atomic E-state index is 12.8. The largest absolute Gasteiger partial charge is 0.481 e. The van der Waals surface area contributed by atoms with E-state index in [2.05, 4.69) is 26.1 Å². The van der Waals surface area contributed by atoms with Crippen molar-refractivity contribution in [2.24, 2.45) is 35.0 Å². The first-order valence-electron chi connectivity index (χ1n) is 8.80. The van der Waals surface area contributed by atoms with Crippen LogP contribution in [-0.4, -0.2) is 23.0 Å². The Labute approximate surface area is 133 Å². The number of carboxylic acid groups (broad SMARTS) is 1. The van der Waals surface area contributed by atoms with Crippen LogP contribution in [0.2, 0.25) is 0 Å². The van der Waals surface area contributed by atoms with E-state index in [4.69, 9.17) is 0 Å². The first-order chi connectivity index (χ1) is 10.3. The lowest BCUT2D eigenvalue weighted by Crippen LogP contribution is -2.48. The van der Waals surface area contributed by atoms with Crippen molar-refractivity contribution < 1.29 is 14.7 Å². The zero-order valence-electron chi connectivity index (χ0n) is 14.0. The van der Waals surface area contributed by atoms with Crippen LogP contribution in [-0.2, 0) is 9.59 Å². The molecule has 3 aliphatic carbocycles. The van der Waals surface area contributed by atoms with Gasteiger partial charge in [0.1, 0.15) is 0 Å². The smallest absolute Gasteiger partial charge is 0.307 e. The Morgan fingerprint density at radius 1 is 1.05 bits per heavy atom. The van der Waals surface area contributed by atoms with Crippen LogP contribution in [0.4, 0.5) is 0 Å². The number of rotatable bonds is 3. The number of hydrogen-bond donors (Lipinski definition) is 2. The molecule has 0 heterocycles. The lowest BCUT2D eigenvalue weighted by Gasteiger charge is -2.40. The van der Waals surface area contributed by atoms with Gasteiger partial charge in [0.25, 0.3) is 0 Å². The van der Waals surface area contributed by atoms with Gasteiger partial charge in [-0.15, -0.1) is 0 Å². The van der Waals surface area contributed by atoms with Crippen LogP contribution in [0.25, 0.3) is 0 Å². The van der Waals surface area contributed by atoms with E-state index in [-0.39, 0.29) is 29.2 Å². The first kappa shape index (κ1) is 15.8. The van der Waals surface area contributed by atoms with Gasteiger partial charge < -0.3 is 10.4 Å². The predicted molar refractivity (Wildman–Crippen MR) is 84.2 cm³/mol. The molecule has 3 saturated carbocycles. The van der Waals surface area contributed by atoms with E-state index in [1.165, 1.54) is 6.42 Å². The highest BCUT2D eigenvalue weighted by atomic mass is 16.4. The molecule has 0 spiro atoms. The van der Waals surface area contributed by atoms with E-state index in [1.54, 1.807) is 0 Å². The summed E-state index contributed by atoms with van der Waals surface area (Å²) in [6.07, 6.45) is 6.17. The molecule has 3 rings (SSSR count). The second kappa shape index (κ2) is 5.54. The fourth-order valence-electron chi connectivity index (χ4n) is 5.78. The van der Waals surface area contributed by atoms with E-state index in [1.807, 2.05) is 0 Å². The average molecular weight is 307 g/mol. The summed E-state index contributed by atoms with van der Waals surface area (Å²) in [6.45, 7) is 6.77. The molecule has 3 fully saturated rings. The molecule has 2 N–H and O–H groups in total. The van der Waals surface area contributed by atoms with Crippen molar-refractivity contribution >= 4 is 11.9 Å². The predicted octanol–water partition coefficient (Wildman–Crippen LogP) is 3.06. The fraction of sp³-hybridized carbons (Fsp3) is 0.889. The summed E-state index contributed by atoms with van der Waals surface area (Å²) >= 11 is 0. The van der Waals surface area contributed by atoms with Gasteiger partial charge in [-0.25, -0.2) is 0 Å². The highest BCUT2D eigenvalue weighted by Gasteiger charge is 2.54. The molecule has 6 atom stereocenters. The van der Waals surface area contributed by atoms with Gasteiger partial charge in [0.2, 0.25) is 5.91 Å². The fourth-order valence-corrected chi connectivity index (χ4v) is 5.78. The van der Waals surface area contributed by atoms with Crippen molar-refractivity contribution in [3.05, 3.63) is 0 Å². The number of aliphatic carboxylic acids is 1. The lowest BCUT2D eigenvalue weighted by atomic mass is 9.70. The van der Waals surface area contributed by atoms with E-state index in [0.717, 1.165) is 32.1 Å². The van der Waals surface area contributed by atoms with Crippen LogP contribution in [0.1, 0.15) is 59.3 Å². The van der Waals surface area contributed by atoms with Crippen LogP contribution in [0.5, 0.6) is 0 Å². The van der Waals surface area contributed by atoms with E-state index >= 15 is 0 Å². The zero-order chi connectivity index (χ0) is 16.1. The third-order valence-corrected chi connectivity index (χ3v) is 6.24. The molecule has 0 aromatic heterocycles. The monoisotopic (exact) mass is 307 g/mol. The standard InChI is InChI=1S/C18H29NO3/c1-10-6-13(9-18(2,3)8-10)19-16(20)14-11-4-5-12(7-11)15(14)17(21)22/h10-15H,4-9H2,1-3H3,(H,19,20)(H,21,22)/t10-,11-,12+,13+,14-,15+/m1/s1. The van der Waals surface area contributed by atoms with Crippen molar-refractivity contribution in [2.75, 3.05) is 0 Å². The molecular weight excluding hydrogens is 278 g/mol. The Balaban J connectivity index is 1.68. The summed E-state index contributed by atoms with van der Waals surface area (Å²) in [5, 5.41) is 12.7. The molecule has 2 bridgehead atoms. The number of amides is 1. The summed E-state index contributed by atoms with van der Waals surface area (Å²) in [6, 6.07) is 0.208. The minimum Gasteiger partial charge on any atom is -0.481 e. The highest BCUT2D eigenvalue weighted by Crippen LogP contribution is 2.52. The maximum absolute atomic E-state index is 12.8. The summed E-state index contributed by atoms with van der Waals surface area (Å²) < 4.78 is 0. The number of carboxylic acids is 1. The van der Waals surface area contributed by atoms with Crippen LogP contribution in [0.15, 0.2) is 0 Å². The van der Waals surface area contributed by atoms with Crippen LogP contribution in [0.3, 0.4) is 0 Å². The molecule has 4 heteroatoms. The van der Waals surface area contributed by atoms with Gasteiger partial charge in [0.05, 0.1) is 11.8 Å². The van der Waals surface area contributed by atoms with Gasteiger partial charge in [-0.3, -0.25) is 9.59 Å². The van der Waals surface area contributed by atoms with Crippen LogP contribution >= 0.6 is 0 Å². The van der Waals surface area contributed by atoms with E-state index < -0.39 is 11.9 Å². The normalized spacial score (nSPS) is 43.0. The number of carbonyl (C=O) groups is 2. The summed E-state index contributed by atoms with van der Waals surface area (Å²) in [7, 11) is 0. The van der Waals surface area contributed by atoms with Crippen molar-refractivity contribution in [1.29, 1.82) is 0 Å². The molecule has 1 amide bonds. The maximum Gasteiger partial charge on any atom is 0.307 e. The summed E-state index contributed by atoms with van der Waals surface area (Å²) in [5.41, 5.74) is 0.260. The molecule has 4 nitrogen and oxygen atoms in total. The molecule has 0 aromatic rings. The minimum absolute atomic E-state index is 0.00880. The van der Waals surface area contributed by atoms with Gasteiger partial charge in [-0.1, -0.05) is 20.8 Å². The molecule has 22 heavy (non-hydrogen) atoms. The van der Waals surface area contributed by atoms with Gasteiger partial charge in [0.15, 0.2) is 0 Å². The van der Waals surface area contributed by atoms with Gasteiger partial charge in [-0.2, -0.15) is 0 Å². The number of nitrogens with one attached hydrogen (secondary N) is 1. The summed E-state index contributed by atoms with van der Waals surface area (Å²) in [5.74, 6) is -0.381. The quantitative estimate of drug-likeness (QED) is 0.842. The molecule has 0 unspecified atom stereocenters. The molecule has 0 aliphatic heterocycles. The third kappa shape index (κ3) is 2.89. The van der Waals surface area contributed by atoms with Crippen molar-refractivity contribution in [3.63, 3.8) is 0 Å². The van der Waals surface area contributed by atoms with E-state index in [9.17, 15) is 14.7 Å². The third-order valence-electron chi connectivity index (χ3n) is 6.24. The SMILES string of the molecule is C[C@@H]1C[C@H](NC(=O)[C@@H]2[C@@H]3CC[C@@H](C3)[C@@H]2C(=O)O)CC(C)(C)C1. The number of carbonyl (C=O) groups excluding carboxylic acids is 1. The molecule has 0 radical (unpaired) electrons. The molecule has 0 saturated heterocycles. The van der Waals surface area contributed by atoms with Gasteiger partial charge in [-0.05, 0) is 61.7 Å². The molecule has 3 aliphatic rings. The summed E-state index contributed by atoms with van der Waals surface area (Å²) in [4.78, 5) is 24.3. The zero-order valence-corrected chi connectivity index (χ0v) is 14.0. The molecular formula is C18H29NO3. The minimum atomic E-state index is -0.773. The van der Waals surface area contributed by atoms with Crippen molar-refractivity contribution in [2.45, 2.75) is 65.3 Å². The number of hydrogen-bond acceptors (Lipinski definition) is 2. The van der Waals surface area contributed by atoms with Gasteiger partial charge in [0, 0.05) is 6.04 Å². The van der Waals surface area contributed by atoms with Crippen molar-refractivity contribution in [1.82, 2.24) is 5.32 Å². The second-order valence-electron chi connectivity index (χ2n) is 8.84. The molecule has 0 aromatic carbocycles. The Morgan fingerprint density at radius 3 is 2.27 bits per heavy atom. The lowest BCUT2D eigenvalue weighted by molar-refractivity contribution is -0.149. The molecule has 124 valence electrons. The van der Waals surface area contributed by atoms with Crippen molar-refractivity contribution in [3.8, 4) is 0 Å². The first-order valence-corrected chi connectivity index (χ1v) is 8.80. The Bertz CT molecular complexity index is 473. The van der Waals surface area contributed by atoms with E-state index in [0.29, 0.717) is 11.8 Å². The Kier molecular flexibility index (Phi) is 3.98.